The van der Waals surface area contributed by atoms with Crippen molar-refractivity contribution in [1.29, 1.82) is 0 Å². The minimum Gasteiger partial charge on any atom is -0.478 e. The number of rotatable bonds is 7. The van der Waals surface area contributed by atoms with E-state index in [2.05, 4.69) is 16.8 Å². The molecule has 1 heterocycles. The van der Waals surface area contributed by atoms with Crippen molar-refractivity contribution >= 4 is 28.7 Å². The lowest BCUT2D eigenvalue weighted by Crippen LogP contribution is -2.27. The normalized spacial score (nSPS) is 11.0. The van der Waals surface area contributed by atoms with Gasteiger partial charge in [-0.05, 0) is 53.8 Å². The van der Waals surface area contributed by atoms with Gasteiger partial charge in [-0.25, -0.2) is 14.6 Å². The molecule has 0 atom stereocenters. The highest BCUT2D eigenvalue weighted by atomic mass is 16.4. The lowest BCUT2D eigenvalue weighted by atomic mass is 9.99. The second-order valence-corrected chi connectivity index (χ2v) is 8.90. The van der Waals surface area contributed by atoms with Crippen LogP contribution in [0.4, 0.5) is 10.5 Å². The van der Waals surface area contributed by atoms with Crippen LogP contribution in [0.3, 0.4) is 0 Å². The van der Waals surface area contributed by atoms with E-state index >= 15 is 0 Å². The van der Waals surface area contributed by atoms with Crippen molar-refractivity contribution in [2.24, 2.45) is 0 Å². The molecule has 0 bridgehead atoms. The first-order valence-electron chi connectivity index (χ1n) is 11.7. The molecule has 180 valence electrons. The molecule has 0 saturated heterocycles. The largest absolute Gasteiger partial charge is 0.478 e. The zero-order valence-electron chi connectivity index (χ0n) is 20.5. The first-order chi connectivity index (χ1) is 16.8. The maximum absolute atomic E-state index is 12.2. The predicted octanol–water partition coefficient (Wildman–Crippen LogP) is 5.80. The molecule has 2 amide bonds. The molecule has 4 rings (SSSR count). The van der Waals surface area contributed by atoms with Crippen molar-refractivity contribution in [3.63, 3.8) is 0 Å². The third kappa shape index (κ3) is 5.04. The Morgan fingerprint density at radius 1 is 1.06 bits per heavy atom. The van der Waals surface area contributed by atoms with E-state index in [1.54, 1.807) is 26.2 Å². The molecule has 2 N–H and O–H groups in total. The van der Waals surface area contributed by atoms with Gasteiger partial charge in [0.05, 0.1) is 16.6 Å². The fourth-order valence-electron chi connectivity index (χ4n) is 4.23. The molecule has 0 fully saturated rings. The molecule has 7 nitrogen and oxygen atoms in total. The summed E-state index contributed by atoms with van der Waals surface area (Å²) in [4.78, 5) is 30.3. The van der Waals surface area contributed by atoms with E-state index in [0.717, 1.165) is 52.1 Å². The number of hydrogen-bond donors (Lipinski definition) is 2. The summed E-state index contributed by atoms with van der Waals surface area (Å²) in [5.74, 6) is 0.0632. The summed E-state index contributed by atoms with van der Waals surface area (Å²) in [6, 6.07) is 18.8. The van der Waals surface area contributed by atoms with Crippen LogP contribution in [0, 0.1) is 6.92 Å². The van der Waals surface area contributed by atoms with Crippen LogP contribution in [-0.2, 0) is 13.0 Å². The molecule has 1 aromatic heterocycles. The van der Waals surface area contributed by atoms with Crippen LogP contribution in [-0.4, -0.2) is 45.7 Å². The van der Waals surface area contributed by atoms with Crippen molar-refractivity contribution < 1.29 is 14.7 Å². The Hall–Kier alpha value is -4.13. The number of aryl methyl sites for hydroxylation is 2. The van der Waals surface area contributed by atoms with Gasteiger partial charge in [0, 0.05) is 32.7 Å². The molecule has 0 aliphatic rings. The Balaban J connectivity index is 1.71. The summed E-state index contributed by atoms with van der Waals surface area (Å²) in [5, 5.41) is 12.5. The monoisotopic (exact) mass is 470 g/mol. The van der Waals surface area contributed by atoms with Gasteiger partial charge in [-0.3, -0.25) is 0 Å². The molecule has 7 heteroatoms. The second kappa shape index (κ2) is 10.0. The third-order valence-corrected chi connectivity index (χ3v) is 6.02. The quantitative estimate of drug-likeness (QED) is 0.357. The number of anilines is 1. The molecule has 0 aliphatic carbocycles. The lowest BCUT2D eigenvalue weighted by Gasteiger charge is -2.14. The smallest absolute Gasteiger partial charge is 0.336 e. The Bertz CT molecular complexity index is 1390. The van der Waals surface area contributed by atoms with Crippen molar-refractivity contribution in [1.82, 2.24) is 14.5 Å². The molecular formula is C28H30N4O3. The van der Waals surface area contributed by atoms with E-state index in [4.69, 9.17) is 4.98 Å². The van der Waals surface area contributed by atoms with Crippen LogP contribution in [0.1, 0.15) is 40.7 Å². The molecular weight excluding hydrogens is 440 g/mol. The Labute approximate surface area is 205 Å². The lowest BCUT2D eigenvalue weighted by molar-refractivity contribution is 0.0697. The van der Waals surface area contributed by atoms with Gasteiger partial charge in [-0.15, -0.1) is 0 Å². The van der Waals surface area contributed by atoms with Crippen LogP contribution in [0.25, 0.3) is 22.2 Å². The SMILES string of the molecule is CCCc1nc2c(C)cc(NC(=O)N(C)C)cc2n1Cc1ccc(-c2ccccc2C(=O)O)cc1. The van der Waals surface area contributed by atoms with Gasteiger partial charge in [-0.2, -0.15) is 0 Å². The van der Waals surface area contributed by atoms with Gasteiger partial charge in [0.1, 0.15) is 5.82 Å². The van der Waals surface area contributed by atoms with E-state index in [1.165, 1.54) is 4.90 Å². The number of aromatic nitrogens is 2. The number of nitrogens with one attached hydrogen (secondary N) is 1. The predicted molar refractivity (Wildman–Crippen MR) is 139 cm³/mol. The van der Waals surface area contributed by atoms with E-state index in [-0.39, 0.29) is 11.6 Å². The van der Waals surface area contributed by atoms with Crippen LogP contribution in [0.2, 0.25) is 0 Å². The van der Waals surface area contributed by atoms with E-state index < -0.39 is 5.97 Å². The summed E-state index contributed by atoms with van der Waals surface area (Å²) in [5.41, 5.74) is 6.58. The van der Waals surface area contributed by atoms with Crippen LogP contribution in [0.15, 0.2) is 60.7 Å². The molecule has 0 spiro atoms. The minimum absolute atomic E-state index is 0.180. The number of carbonyl (C=O) groups excluding carboxylic acids is 1. The van der Waals surface area contributed by atoms with Crippen LogP contribution in [0.5, 0.6) is 0 Å². The van der Waals surface area contributed by atoms with Crippen molar-refractivity contribution in [2.45, 2.75) is 33.2 Å². The average Bonchev–Trinajstić information content (AvgIpc) is 3.17. The highest BCUT2D eigenvalue weighted by molar-refractivity contribution is 5.96. The first kappa shape index (κ1) is 24.0. The Kier molecular flexibility index (Phi) is 6.87. The molecule has 0 aliphatic heterocycles. The van der Waals surface area contributed by atoms with Crippen molar-refractivity contribution in [2.75, 3.05) is 19.4 Å². The van der Waals surface area contributed by atoms with Gasteiger partial charge in [0.15, 0.2) is 0 Å². The van der Waals surface area contributed by atoms with Gasteiger partial charge in [0.2, 0.25) is 0 Å². The average molecular weight is 471 g/mol. The number of carboxylic acid groups (broad SMARTS) is 1. The van der Waals surface area contributed by atoms with Gasteiger partial charge in [-0.1, -0.05) is 49.4 Å². The number of imidazole rings is 1. The second-order valence-electron chi connectivity index (χ2n) is 8.90. The number of nitrogens with zero attached hydrogens (tertiary/aromatic N) is 3. The van der Waals surface area contributed by atoms with E-state index in [0.29, 0.717) is 12.1 Å². The van der Waals surface area contributed by atoms with Gasteiger partial charge in [0.25, 0.3) is 0 Å². The van der Waals surface area contributed by atoms with Crippen LogP contribution < -0.4 is 5.32 Å². The number of carboxylic acids is 1. The van der Waals surface area contributed by atoms with Gasteiger partial charge < -0.3 is 19.9 Å². The third-order valence-electron chi connectivity index (χ3n) is 6.02. The maximum atomic E-state index is 12.2. The zero-order chi connectivity index (χ0) is 25.1. The molecule has 35 heavy (non-hydrogen) atoms. The summed E-state index contributed by atoms with van der Waals surface area (Å²) in [6.45, 7) is 4.76. The van der Waals surface area contributed by atoms with Crippen molar-refractivity contribution in [3.8, 4) is 11.1 Å². The van der Waals surface area contributed by atoms with E-state index in [1.807, 2.05) is 55.5 Å². The molecule has 0 unspecified atom stereocenters. The number of urea groups is 1. The zero-order valence-corrected chi connectivity index (χ0v) is 20.5. The minimum atomic E-state index is -0.939. The fraction of sp³-hybridized carbons (Fsp3) is 0.250. The van der Waals surface area contributed by atoms with Crippen molar-refractivity contribution in [3.05, 3.63) is 83.2 Å². The summed E-state index contributed by atoms with van der Waals surface area (Å²) >= 11 is 0. The number of benzene rings is 3. The number of carbonyl (C=O) groups is 2. The molecule has 3 aromatic carbocycles. The number of fused-ring (bicyclic) bond motifs is 1. The Morgan fingerprint density at radius 2 is 1.77 bits per heavy atom. The number of amides is 2. The summed E-state index contributed by atoms with van der Waals surface area (Å²) in [6.07, 6.45) is 1.81. The number of hydrogen-bond acceptors (Lipinski definition) is 3. The Morgan fingerprint density at radius 3 is 2.43 bits per heavy atom. The highest BCUT2D eigenvalue weighted by Crippen LogP contribution is 2.28. The fourth-order valence-corrected chi connectivity index (χ4v) is 4.23. The molecule has 4 aromatic rings. The summed E-state index contributed by atoms with van der Waals surface area (Å²) < 4.78 is 2.21. The molecule has 0 saturated carbocycles. The topological polar surface area (TPSA) is 87.5 Å². The maximum Gasteiger partial charge on any atom is 0.336 e. The number of aromatic carboxylic acids is 1. The van der Waals surface area contributed by atoms with E-state index in [9.17, 15) is 14.7 Å². The summed E-state index contributed by atoms with van der Waals surface area (Å²) in [7, 11) is 3.42. The highest BCUT2D eigenvalue weighted by Gasteiger charge is 2.16. The van der Waals surface area contributed by atoms with Crippen LogP contribution >= 0.6 is 0 Å². The standard InChI is InChI=1S/C28H30N4O3/c1-5-8-25-30-26-18(2)15-21(29-28(35)31(3)4)16-24(26)32(25)17-19-11-13-20(14-12-19)22-9-6-7-10-23(22)27(33)34/h6-7,9-16H,5,8,17H2,1-4H3,(H,29,35)(H,33,34). The van der Waals surface area contributed by atoms with Gasteiger partial charge >= 0.3 is 12.0 Å². The molecule has 0 radical (unpaired) electrons. The first-order valence-corrected chi connectivity index (χ1v) is 11.7.